The van der Waals surface area contributed by atoms with Crippen molar-refractivity contribution in [2.45, 2.75) is 57.9 Å². The van der Waals surface area contributed by atoms with Gasteiger partial charge in [-0.25, -0.2) is 4.39 Å². The van der Waals surface area contributed by atoms with Crippen molar-refractivity contribution in [1.29, 1.82) is 0 Å². The van der Waals surface area contributed by atoms with E-state index in [1.807, 2.05) is 12.3 Å². The van der Waals surface area contributed by atoms with Crippen LogP contribution in [0.5, 0.6) is 0 Å². The number of hydrogen-bond acceptors (Lipinski definition) is 2. The van der Waals surface area contributed by atoms with Crippen LogP contribution in [0, 0.1) is 6.92 Å². The topological polar surface area (TPSA) is 29.9 Å². The summed E-state index contributed by atoms with van der Waals surface area (Å²) in [5.41, 5.74) is 7.40. The Labute approximate surface area is 153 Å². The van der Waals surface area contributed by atoms with Crippen LogP contribution in [0.2, 0.25) is 0 Å². The average molecular weight is 349 g/mol. The standard InChI is InChI=1S/C22H24FN3/c1-14-2-7-20-18(10-14)22-19-6-5-16(25-19)11-21(22)26(20)9-8-15-3-4-17(12-23)24-13-15/h2-4,7,10,13,16,19,25H,5-6,8-9,11-12H2,1H3. The van der Waals surface area contributed by atoms with Crippen molar-refractivity contribution in [2.24, 2.45) is 0 Å². The lowest BCUT2D eigenvalue weighted by Gasteiger charge is -2.24. The summed E-state index contributed by atoms with van der Waals surface area (Å²) in [5, 5.41) is 5.22. The highest BCUT2D eigenvalue weighted by atomic mass is 19.1. The van der Waals surface area contributed by atoms with Gasteiger partial charge in [-0.05, 0) is 55.5 Å². The first-order chi connectivity index (χ1) is 12.7. The third kappa shape index (κ3) is 2.55. The molecule has 3 nitrogen and oxygen atoms in total. The quantitative estimate of drug-likeness (QED) is 0.756. The largest absolute Gasteiger partial charge is 0.344 e. The van der Waals surface area contributed by atoms with Gasteiger partial charge in [0.25, 0.3) is 0 Å². The van der Waals surface area contributed by atoms with E-state index in [2.05, 4.69) is 40.0 Å². The zero-order valence-corrected chi connectivity index (χ0v) is 15.1. The predicted molar refractivity (Wildman–Crippen MR) is 102 cm³/mol. The first-order valence-electron chi connectivity index (χ1n) is 9.60. The normalized spacial score (nSPS) is 21.3. The monoisotopic (exact) mass is 349 g/mol. The van der Waals surface area contributed by atoms with E-state index in [1.165, 1.54) is 46.1 Å². The van der Waals surface area contributed by atoms with Gasteiger partial charge in [-0.15, -0.1) is 0 Å². The van der Waals surface area contributed by atoms with Gasteiger partial charge in [-0.2, -0.15) is 0 Å². The van der Waals surface area contributed by atoms with Crippen molar-refractivity contribution in [3.8, 4) is 0 Å². The first kappa shape index (κ1) is 16.0. The summed E-state index contributed by atoms with van der Waals surface area (Å²) in [6.45, 7) is 2.63. The number of hydrogen-bond donors (Lipinski definition) is 1. The molecule has 0 saturated carbocycles. The van der Waals surface area contributed by atoms with Crippen LogP contribution < -0.4 is 5.32 Å². The number of aryl methyl sites for hydroxylation is 3. The number of halogens is 1. The SMILES string of the molecule is Cc1ccc2c(c1)c1c(n2CCc2ccc(CF)nc2)CC2CCC1N2. The van der Waals surface area contributed by atoms with Crippen molar-refractivity contribution >= 4 is 10.9 Å². The summed E-state index contributed by atoms with van der Waals surface area (Å²) >= 11 is 0. The van der Waals surface area contributed by atoms with Gasteiger partial charge in [0.15, 0.2) is 0 Å². The lowest BCUT2D eigenvalue weighted by atomic mass is 9.98. The molecule has 0 spiro atoms. The van der Waals surface area contributed by atoms with E-state index in [0.29, 0.717) is 17.8 Å². The lowest BCUT2D eigenvalue weighted by Crippen LogP contribution is -2.32. The molecule has 2 unspecified atom stereocenters. The number of aromatic nitrogens is 2. The van der Waals surface area contributed by atoms with Crippen LogP contribution in [-0.2, 0) is 26.1 Å². The molecular formula is C22H24FN3. The first-order valence-corrected chi connectivity index (χ1v) is 9.60. The number of fused-ring (bicyclic) bond motifs is 6. The number of benzene rings is 1. The number of pyridine rings is 1. The van der Waals surface area contributed by atoms with Crippen molar-refractivity contribution in [1.82, 2.24) is 14.9 Å². The van der Waals surface area contributed by atoms with Crippen LogP contribution in [0.15, 0.2) is 36.5 Å². The van der Waals surface area contributed by atoms with Crippen LogP contribution in [0.4, 0.5) is 4.39 Å². The summed E-state index contributed by atoms with van der Waals surface area (Å²) in [6, 6.07) is 11.8. The van der Waals surface area contributed by atoms with Crippen LogP contribution in [0.25, 0.3) is 10.9 Å². The fraction of sp³-hybridized carbons (Fsp3) is 0.409. The van der Waals surface area contributed by atoms with Gasteiger partial charge in [0.1, 0.15) is 6.67 Å². The Morgan fingerprint density at radius 2 is 2.15 bits per heavy atom. The van der Waals surface area contributed by atoms with Gasteiger partial charge in [0, 0.05) is 47.8 Å². The Balaban J connectivity index is 1.53. The molecule has 3 aromatic rings. The number of alkyl halides is 1. The third-order valence-corrected chi connectivity index (χ3v) is 6.05. The minimum Gasteiger partial charge on any atom is -0.344 e. The Hall–Kier alpha value is -2.20. The molecule has 0 aliphatic carbocycles. The van der Waals surface area contributed by atoms with Crippen molar-refractivity contribution in [3.05, 3.63) is 64.6 Å². The van der Waals surface area contributed by atoms with Crippen LogP contribution in [0.1, 0.15) is 47.0 Å². The van der Waals surface area contributed by atoms with E-state index >= 15 is 0 Å². The molecule has 1 aromatic carbocycles. The molecule has 2 aromatic heterocycles. The molecule has 1 fully saturated rings. The number of rotatable bonds is 4. The number of nitrogens with one attached hydrogen (secondary N) is 1. The molecule has 1 N–H and O–H groups in total. The second kappa shape index (κ2) is 6.20. The highest BCUT2D eigenvalue weighted by molar-refractivity contribution is 5.87. The van der Waals surface area contributed by atoms with Gasteiger partial charge in [0.2, 0.25) is 0 Å². The van der Waals surface area contributed by atoms with Crippen LogP contribution >= 0.6 is 0 Å². The minimum atomic E-state index is -0.495. The van der Waals surface area contributed by atoms with E-state index in [1.54, 1.807) is 6.07 Å². The summed E-state index contributed by atoms with van der Waals surface area (Å²) in [7, 11) is 0. The van der Waals surface area contributed by atoms with E-state index in [4.69, 9.17) is 0 Å². The molecule has 26 heavy (non-hydrogen) atoms. The van der Waals surface area contributed by atoms with Gasteiger partial charge in [0.05, 0.1) is 5.69 Å². The molecular weight excluding hydrogens is 325 g/mol. The maximum atomic E-state index is 12.7. The second-order valence-electron chi connectivity index (χ2n) is 7.77. The Bertz CT molecular complexity index is 958. The smallest absolute Gasteiger partial charge is 0.131 e. The van der Waals surface area contributed by atoms with E-state index < -0.39 is 6.67 Å². The van der Waals surface area contributed by atoms with E-state index in [-0.39, 0.29) is 0 Å². The lowest BCUT2D eigenvalue weighted by molar-refractivity contribution is 0.475. The summed E-state index contributed by atoms with van der Waals surface area (Å²) < 4.78 is 15.2. The fourth-order valence-electron chi connectivity index (χ4n) is 4.78. The minimum absolute atomic E-state index is 0.495. The zero-order chi connectivity index (χ0) is 17.7. The third-order valence-electron chi connectivity index (χ3n) is 6.05. The Morgan fingerprint density at radius 3 is 2.96 bits per heavy atom. The van der Waals surface area contributed by atoms with Gasteiger partial charge < -0.3 is 9.88 Å². The molecule has 2 aliphatic heterocycles. The highest BCUT2D eigenvalue weighted by Gasteiger charge is 2.36. The maximum Gasteiger partial charge on any atom is 0.131 e. The molecule has 134 valence electrons. The summed E-state index contributed by atoms with van der Waals surface area (Å²) in [5.74, 6) is 0. The van der Waals surface area contributed by atoms with E-state index in [0.717, 1.165) is 19.4 Å². The fourth-order valence-corrected chi connectivity index (χ4v) is 4.78. The molecule has 0 radical (unpaired) electrons. The molecule has 2 bridgehead atoms. The predicted octanol–water partition coefficient (Wildman–Crippen LogP) is 4.41. The molecule has 2 atom stereocenters. The molecule has 5 rings (SSSR count). The van der Waals surface area contributed by atoms with Crippen molar-refractivity contribution in [2.75, 3.05) is 0 Å². The Morgan fingerprint density at radius 1 is 1.23 bits per heavy atom. The zero-order valence-electron chi connectivity index (χ0n) is 15.1. The van der Waals surface area contributed by atoms with Crippen molar-refractivity contribution in [3.63, 3.8) is 0 Å². The van der Waals surface area contributed by atoms with E-state index in [9.17, 15) is 4.39 Å². The molecule has 2 aliphatic rings. The Kier molecular flexibility index (Phi) is 3.82. The molecule has 0 amide bonds. The second-order valence-corrected chi connectivity index (χ2v) is 7.77. The van der Waals surface area contributed by atoms with Crippen LogP contribution in [-0.4, -0.2) is 15.6 Å². The van der Waals surface area contributed by atoms with Crippen LogP contribution in [0.3, 0.4) is 0 Å². The molecule has 4 heteroatoms. The summed E-state index contributed by atoms with van der Waals surface area (Å²) in [4.78, 5) is 4.20. The number of nitrogens with zero attached hydrogens (tertiary/aromatic N) is 2. The van der Waals surface area contributed by atoms with Crippen molar-refractivity contribution < 1.29 is 4.39 Å². The molecule has 4 heterocycles. The van der Waals surface area contributed by atoms with Gasteiger partial charge in [-0.3, -0.25) is 4.98 Å². The van der Waals surface area contributed by atoms with Gasteiger partial charge in [-0.1, -0.05) is 17.7 Å². The highest BCUT2D eigenvalue weighted by Crippen LogP contribution is 2.42. The maximum absolute atomic E-state index is 12.7. The van der Waals surface area contributed by atoms with Gasteiger partial charge >= 0.3 is 0 Å². The molecule has 1 saturated heterocycles. The summed E-state index contributed by atoms with van der Waals surface area (Å²) in [6.07, 6.45) is 6.40. The average Bonchev–Trinajstić information content (AvgIpc) is 3.19.